The van der Waals surface area contributed by atoms with Gasteiger partial charge in [-0.05, 0) is 73.4 Å². The molecule has 0 bridgehead atoms. The molecule has 3 fully saturated rings. The molecule has 186 valence electrons. The minimum atomic E-state index is -0.364. The molecule has 1 saturated carbocycles. The first-order valence-electron chi connectivity index (χ1n) is 12.4. The van der Waals surface area contributed by atoms with Gasteiger partial charge in [-0.2, -0.15) is 0 Å². The molecule has 2 aliphatic heterocycles. The van der Waals surface area contributed by atoms with Crippen molar-refractivity contribution in [2.24, 2.45) is 5.41 Å². The summed E-state index contributed by atoms with van der Waals surface area (Å²) in [6, 6.07) is 13.3. The number of hydrogen-bond donors (Lipinski definition) is 0. The summed E-state index contributed by atoms with van der Waals surface area (Å²) in [6.07, 6.45) is 4.63. The van der Waals surface area contributed by atoms with E-state index in [4.69, 9.17) is 14.2 Å². The van der Waals surface area contributed by atoms with Gasteiger partial charge in [0, 0.05) is 26.2 Å². The Morgan fingerprint density at radius 3 is 1.91 bits per heavy atom. The molecule has 7 nitrogen and oxygen atoms in total. The van der Waals surface area contributed by atoms with Crippen molar-refractivity contribution in [3.8, 4) is 17.2 Å². The van der Waals surface area contributed by atoms with E-state index in [1.54, 1.807) is 39.5 Å². The van der Waals surface area contributed by atoms with Gasteiger partial charge in [-0.3, -0.25) is 9.59 Å². The van der Waals surface area contributed by atoms with Gasteiger partial charge in [-0.15, -0.1) is 0 Å². The summed E-state index contributed by atoms with van der Waals surface area (Å²) in [7, 11) is 4.82. The van der Waals surface area contributed by atoms with Crippen molar-refractivity contribution >= 4 is 11.8 Å². The van der Waals surface area contributed by atoms with Crippen molar-refractivity contribution in [3.63, 3.8) is 0 Å². The molecule has 2 saturated heterocycles. The number of hydrogen-bond acceptors (Lipinski definition) is 5. The monoisotopic (exact) mass is 478 g/mol. The third-order valence-electron chi connectivity index (χ3n) is 8.28. The van der Waals surface area contributed by atoms with E-state index >= 15 is 0 Å². The topological polar surface area (TPSA) is 68.3 Å². The second kappa shape index (κ2) is 9.10. The highest BCUT2D eigenvalue weighted by atomic mass is 16.5. The van der Waals surface area contributed by atoms with Gasteiger partial charge in [0.05, 0.1) is 32.3 Å². The lowest BCUT2D eigenvalue weighted by molar-refractivity contribution is -0.133. The smallest absolute Gasteiger partial charge is 0.257 e. The molecule has 2 heterocycles. The molecule has 5 rings (SSSR count). The van der Waals surface area contributed by atoms with Crippen LogP contribution < -0.4 is 14.2 Å². The van der Waals surface area contributed by atoms with Gasteiger partial charge >= 0.3 is 0 Å². The third-order valence-corrected chi connectivity index (χ3v) is 8.28. The molecule has 35 heavy (non-hydrogen) atoms. The van der Waals surface area contributed by atoms with Gasteiger partial charge in [0.2, 0.25) is 5.91 Å². The summed E-state index contributed by atoms with van der Waals surface area (Å²) in [5.74, 6) is 2.24. The lowest BCUT2D eigenvalue weighted by atomic mass is 9.77. The van der Waals surface area contributed by atoms with Crippen molar-refractivity contribution in [1.82, 2.24) is 9.80 Å². The van der Waals surface area contributed by atoms with Crippen molar-refractivity contribution in [1.29, 1.82) is 0 Å². The summed E-state index contributed by atoms with van der Waals surface area (Å²) < 4.78 is 16.0. The Morgan fingerprint density at radius 1 is 0.743 bits per heavy atom. The van der Waals surface area contributed by atoms with Crippen LogP contribution in [-0.4, -0.2) is 69.1 Å². The van der Waals surface area contributed by atoms with Crippen LogP contribution >= 0.6 is 0 Å². The van der Waals surface area contributed by atoms with Crippen LogP contribution in [0.2, 0.25) is 0 Å². The maximum absolute atomic E-state index is 13.6. The molecule has 0 radical (unpaired) electrons. The second-order valence-corrected chi connectivity index (χ2v) is 10.1. The normalized spacial score (nSPS) is 20.0. The predicted molar refractivity (Wildman–Crippen MR) is 132 cm³/mol. The Hall–Kier alpha value is -3.22. The number of ether oxygens (including phenoxy) is 3. The first-order chi connectivity index (χ1) is 16.9. The molecule has 2 aromatic rings. The molecule has 2 amide bonds. The molecule has 1 spiro atoms. The number of benzene rings is 2. The lowest BCUT2D eigenvalue weighted by Gasteiger charge is -2.39. The fourth-order valence-electron chi connectivity index (χ4n) is 5.82. The van der Waals surface area contributed by atoms with Crippen LogP contribution in [0.1, 0.15) is 48.0 Å². The van der Waals surface area contributed by atoms with Crippen molar-refractivity contribution in [2.75, 3.05) is 47.5 Å². The molecule has 0 unspecified atom stereocenters. The summed E-state index contributed by atoms with van der Waals surface area (Å²) in [5.41, 5.74) is 1.36. The number of piperidine rings is 1. The van der Waals surface area contributed by atoms with Crippen LogP contribution in [0.5, 0.6) is 17.2 Å². The quantitative estimate of drug-likeness (QED) is 0.630. The molecule has 0 atom stereocenters. The third kappa shape index (κ3) is 4.21. The Kier molecular flexibility index (Phi) is 6.11. The number of nitrogens with zero attached hydrogens (tertiary/aromatic N) is 2. The van der Waals surface area contributed by atoms with Crippen LogP contribution in [0, 0.1) is 5.41 Å². The van der Waals surface area contributed by atoms with Crippen LogP contribution in [0.3, 0.4) is 0 Å². The van der Waals surface area contributed by atoms with E-state index in [1.165, 1.54) is 0 Å². The molecular weight excluding hydrogens is 444 g/mol. The lowest BCUT2D eigenvalue weighted by Crippen LogP contribution is -2.45. The Bertz CT molecular complexity index is 1100. The van der Waals surface area contributed by atoms with Gasteiger partial charge in [0.1, 0.15) is 17.2 Å². The average Bonchev–Trinajstić information content (AvgIpc) is 3.63. The zero-order chi connectivity index (χ0) is 24.6. The van der Waals surface area contributed by atoms with Crippen LogP contribution in [0.15, 0.2) is 42.5 Å². The molecule has 0 N–H and O–H groups in total. The average molecular weight is 479 g/mol. The highest BCUT2D eigenvalue weighted by Crippen LogP contribution is 2.52. The summed E-state index contributed by atoms with van der Waals surface area (Å²) in [4.78, 5) is 30.9. The standard InChI is InChI=1S/C28H34N2O5/c1-33-21-6-4-20(5-7-21)28(10-11-28)26(32)30-17-14-27(19-30)12-15-29(16-13-27)25(31)23-18-22(34-2)8-9-24(23)35-3/h4-9,18H,10-17,19H2,1-3H3. The zero-order valence-electron chi connectivity index (χ0n) is 20.8. The number of carbonyl (C=O) groups is 2. The summed E-state index contributed by atoms with van der Waals surface area (Å²) in [5, 5.41) is 0. The van der Waals surface area contributed by atoms with E-state index in [2.05, 4.69) is 4.90 Å². The SMILES string of the molecule is COc1ccc(C2(C(=O)N3CCC4(CCN(C(=O)c5cc(OC)ccc5OC)CC4)C3)CC2)cc1. The Labute approximate surface area is 206 Å². The molecular formula is C28H34N2O5. The minimum absolute atomic E-state index is 0.0297. The first-order valence-corrected chi connectivity index (χ1v) is 12.4. The van der Waals surface area contributed by atoms with E-state index in [-0.39, 0.29) is 22.6 Å². The van der Waals surface area contributed by atoms with E-state index in [0.717, 1.165) is 56.5 Å². The molecule has 3 aliphatic rings. The Balaban J connectivity index is 1.23. The van der Waals surface area contributed by atoms with Gasteiger partial charge in [-0.1, -0.05) is 12.1 Å². The molecule has 1 aliphatic carbocycles. The van der Waals surface area contributed by atoms with Gasteiger partial charge in [0.25, 0.3) is 5.91 Å². The molecule has 0 aromatic heterocycles. The van der Waals surface area contributed by atoms with Crippen molar-refractivity contribution < 1.29 is 23.8 Å². The van der Waals surface area contributed by atoms with Crippen LogP contribution in [-0.2, 0) is 10.2 Å². The number of methoxy groups -OCH3 is 3. The number of likely N-dealkylation sites (tertiary alicyclic amines) is 2. The van der Waals surface area contributed by atoms with Crippen molar-refractivity contribution in [3.05, 3.63) is 53.6 Å². The van der Waals surface area contributed by atoms with Crippen molar-refractivity contribution in [2.45, 2.75) is 37.5 Å². The van der Waals surface area contributed by atoms with Crippen LogP contribution in [0.25, 0.3) is 0 Å². The Morgan fingerprint density at radius 2 is 1.34 bits per heavy atom. The molecule has 2 aromatic carbocycles. The largest absolute Gasteiger partial charge is 0.497 e. The fraction of sp³-hybridized carbons (Fsp3) is 0.500. The number of rotatable bonds is 6. The van der Waals surface area contributed by atoms with E-state index in [0.29, 0.717) is 30.2 Å². The highest BCUT2D eigenvalue weighted by Gasteiger charge is 2.55. The zero-order valence-corrected chi connectivity index (χ0v) is 20.8. The molecule has 7 heteroatoms. The van der Waals surface area contributed by atoms with Gasteiger partial charge < -0.3 is 24.0 Å². The number of amides is 2. The second-order valence-electron chi connectivity index (χ2n) is 10.1. The van der Waals surface area contributed by atoms with E-state index in [9.17, 15) is 9.59 Å². The maximum Gasteiger partial charge on any atom is 0.257 e. The predicted octanol–water partition coefficient (Wildman–Crippen LogP) is 3.90. The van der Waals surface area contributed by atoms with Gasteiger partial charge in [0.15, 0.2) is 0 Å². The summed E-state index contributed by atoms with van der Waals surface area (Å²) in [6.45, 7) is 2.96. The van der Waals surface area contributed by atoms with Gasteiger partial charge in [-0.25, -0.2) is 0 Å². The highest BCUT2D eigenvalue weighted by molar-refractivity contribution is 5.97. The van der Waals surface area contributed by atoms with E-state index in [1.807, 2.05) is 29.2 Å². The fourth-order valence-corrected chi connectivity index (χ4v) is 5.82. The van der Waals surface area contributed by atoms with Crippen LogP contribution in [0.4, 0.5) is 0 Å². The number of carbonyl (C=O) groups excluding carboxylic acids is 2. The van der Waals surface area contributed by atoms with E-state index < -0.39 is 0 Å². The summed E-state index contributed by atoms with van der Waals surface area (Å²) >= 11 is 0. The maximum atomic E-state index is 13.6. The first kappa shape index (κ1) is 23.5. The minimum Gasteiger partial charge on any atom is -0.497 e.